The fourth-order valence-corrected chi connectivity index (χ4v) is 1.82. The fraction of sp³-hybridized carbons (Fsp3) is 0.100. The molecule has 0 N–H and O–H groups in total. The summed E-state index contributed by atoms with van der Waals surface area (Å²) in [5.74, 6) is -0.254. The van der Waals surface area contributed by atoms with Crippen LogP contribution >= 0.6 is 15.9 Å². The van der Waals surface area contributed by atoms with E-state index in [-0.39, 0.29) is 5.82 Å². The van der Waals surface area contributed by atoms with E-state index in [0.717, 1.165) is 15.7 Å². The maximum atomic E-state index is 13.1. The van der Waals surface area contributed by atoms with E-state index >= 15 is 0 Å². The molecule has 1 aromatic carbocycles. The van der Waals surface area contributed by atoms with Gasteiger partial charge in [0.25, 0.3) is 0 Å². The highest BCUT2D eigenvalue weighted by atomic mass is 79.9. The summed E-state index contributed by atoms with van der Waals surface area (Å²) in [5, 5.41) is 4.03. The first-order valence-corrected chi connectivity index (χ1v) is 4.90. The standard InChI is InChI=1S/C10H8BrFN2/c1-14-10(2-3-13-14)7-4-8(11)6-9(12)5-7/h2-6H,1H3. The van der Waals surface area contributed by atoms with Gasteiger partial charge in [-0.05, 0) is 24.3 Å². The maximum Gasteiger partial charge on any atom is 0.125 e. The summed E-state index contributed by atoms with van der Waals surface area (Å²) in [4.78, 5) is 0. The van der Waals surface area contributed by atoms with Crippen molar-refractivity contribution in [2.24, 2.45) is 7.05 Å². The van der Waals surface area contributed by atoms with Crippen molar-refractivity contribution in [3.8, 4) is 11.3 Å². The molecule has 0 atom stereocenters. The van der Waals surface area contributed by atoms with Crippen molar-refractivity contribution in [2.45, 2.75) is 0 Å². The number of aromatic nitrogens is 2. The van der Waals surface area contributed by atoms with Gasteiger partial charge in [0.05, 0.1) is 5.69 Å². The molecule has 72 valence electrons. The number of benzene rings is 1. The average Bonchev–Trinajstić information content (AvgIpc) is 2.49. The molecular weight excluding hydrogens is 247 g/mol. The molecule has 0 fully saturated rings. The lowest BCUT2D eigenvalue weighted by atomic mass is 10.1. The second-order valence-corrected chi connectivity index (χ2v) is 3.91. The lowest BCUT2D eigenvalue weighted by molar-refractivity contribution is 0.627. The molecule has 2 aromatic rings. The highest BCUT2D eigenvalue weighted by molar-refractivity contribution is 9.10. The number of hydrogen-bond acceptors (Lipinski definition) is 1. The van der Waals surface area contributed by atoms with Gasteiger partial charge >= 0.3 is 0 Å². The van der Waals surface area contributed by atoms with Crippen LogP contribution in [0.15, 0.2) is 34.9 Å². The van der Waals surface area contributed by atoms with Crippen LogP contribution in [0.2, 0.25) is 0 Å². The highest BCUT2D eigenvalue weighted by Gasteiger charge is 2.04. The molecule has 4 heteroatoms. The van der Waals surface area contributed by atoms with Crippen molar-refractivity contribution < 1.29 is 4.39 Å². The summed E-state index contributed by atoms with van der Waals surface area (Å²) >= 11 is 3.25. The SMILES string of the molecule is Cn1nccc1-c1cc(F)cc(Br)c1. The molecule has 0 unspecified atom stereocenters. The van der Waals surface area contributed by atoms with Gasteiger partial charge in [-0.15, -0.1) is 0 Å². The zero-order valence-corrected chi connectivity index (χ0v) is 9.12. The van der Waals surface area contributed by atoms with Gasteiger partial charge in [0.15, 0.2) is 0 Å². The van der Waals surface area contributed by atoms with Gasteiger partial charge in [-0.2, -0.15) is 5.10 Å². The van der Waals surface area contributed by atoms with E-state index in [1.54, 1.807) is 10.9 Å². The molecule has 2 nitrogen and oxygen atoms in total. The van der Waals surface area contributed by atoms with Gasteiger partial charge in [0.2, 0.25) is 0 Å². The zero-order valence-electron chi connectivity index (χ0n) is 7.54. The molecule has 0 spiro atoms. The fourth-order valence-electron chi connectivity index (χ4n) is 1.36. The Balaban J connectivity index is 2.57. The Hall–Kier alpha value is -1.16. The van der Waals surface area contributed by atoms with Crippen LogP contribution in [0.4, 0.5) is 4.39 Å². The summed E-state index contributed by atoms with van der Waals surface area (Å²) in [6.45, 7) is 0. The normalized spacial score (nSPS) is 10.5. The van der Waals surface area contributed by atoms with Gasteiger partial charge in [-0.25, -0.2) is 4.39 Å². The maximum absolute atomic E-state index is 13.1. The smallest absolute Gasteiger partial charge is 0.125 e. The quantitative estimate of drug-likeness (QED) is 0.765. The van der Waals surface area contributed by atoms with Crippen LogP contribution < -0.4 is 0 Å². The second-order valence-electron chi connectivity index (χ2n) is 3.00. The third-order valence-corrected chi connectivity index (χ3v) is 2.44. The summed E-state index contributed by atoms with van der Waals surface area (Å²) < 4.78 is 15.5. The Kier molecular flexibility index (Phi) is 2.37. The lowest BCUT2D eigenvalue weighted by Crippen LogP contribution is -1.93. The minimum atomic E-state index is -0.254. The predicted molar refractivity (Wildman–Crippen MR) is 56.3 cm³/mol. The van der Waals surface area contributed by atoms with Crippen molar-refractivity contribution in [3.05, 3.63) is 40.8 Å². The third-order valence-electron chi connectivity index (χ3n) is 1.98. The van der Waals surface area contributed by atoms with Crippen LogP contribution in [0.1, 0.15) is 0 Å². The minimum Gasteiger partial charge on any atom is -0.268 e. The number of rotatable bonds is 1. The Labute approximate surface area is 89.5 Å². The largest absolute Gasteiger partial charge is 0.268 e. The van der Waals surface area contributed by atoms with Gasteiger partial charge in [-0.1, -0.05) is 15.9 Å². The number of hydrogen-bond donors (Lipinski definition) is 0. The van der Waals surface area contributed by atoms with Crippen molar-refractivity contribution in [3.63, 3.8) is 0 Å². The van der Waals surface area contributed by atoms with E-state index in [2.05, 4.69) is 21.0 Å². The molecule has 2 rings (SSSR count). The molecule has 0 bridgehead atoms. The Bertz CT molecular complexity index is 445. The van der Waals surface area contributed by atoms with Crippen molar-refractivity contribution >= 4 is 15.9 Å². The summed E-state index contributed by atoms with van der Waals surface area (Å²) in [6.07, 6.45) is 1.69. The molecule has 14 heavy (non-hydrogen) atoms. The van der Waals surface area contributed by atoms with Crippen LogP contribution in [-0.4, -0.2) is 9.78 Å². The van der Waals surface area contributed by atoms with Crippen molar-refractivity contribution in [1.29, 1.82) is 0 Å². The second kappa shape index (κ2) is 3.53. The van der Waals surface area contributed by atoms with Crippen molar-refractivity contribution in [1.82, 2.24) is 9.78 Å². The lowest BCUT2D eigenvalue weighted by Gasteiger charge is -2.02. The zero-order chi connectivity index (χ0) is 10.1. The summed E-state index contributed by atoms with van der Waals surface area (Å²) in [5.41, 5.74) is 1.71. The first-order valence-electron chi connectivity index (χ1n) is 4.11. The van der Waals surface area contributed by atoms with E-state index in [9.17, 15) is 4.39 Å². The third kappa shape index (κ3) is 1.70. The topological polar surface area (TPSA) is 17.8 Å². The van der Waals surface area contributed by atoms with Crippen LogP contribution in [-0.2, 0) is 7.05 Å². The number of aryl methyl sites for hydroxylation is 1. The Morgan fingerprint density at radius 3 is 2.71 bits per heavy atom. The summed E-state index contributed by atoms with van der Waals surface area (Å²) in [6, 6.07) is 6.63. The molecule has 1 heterocycles. The van der Waals surface area contributed by atoms with E-state index < -0.39 is 0 Å². The highest BCUT2D eigenvalue weighted by Crippen LogP contribution is 2.23. The van der Waals surface area contributed by atoms with Crippen LogP contribution in [0.25, 0.3) is 11.3 Å². The molecule has 0 aliphatic carbocycles. The molecular formula is C10H8BrFN2. The molecule has 0 saturated heterocycles. The monoisotopic (exact) mass is 254 g/mol. The predicted octanol–water partition coefficient (Wildman–Crippen LogP) is 2.99. The van der Waals surface area contributed by atoms with Crippen molar-refractivity contribution in [2.75, 3.05) is 0 Å². The van der Waals surface area contributed by atoms with E-state index in [4.69, 9.17) is 0 Å². The van der Waals surface area contributed by atoms with Gasteiger partial charge in [0, 0.05) is 23.3 Å². The van der Waals surface area contributed by atoms with Crippen LogP contribution in [0, 0.1) is 5.82 Å². The minimum absolute atomic E-state index is 0.254. The Morgan fingerprint density at radius 2 is 2.14 bits per heavy atom. The average molecular weight is 255 g/mol. The first-order chi connectivity index (χ1) is 6.66. The number of nitrogens with zero attached hydrogens (tertiary/aromatic N) is 2. The molecule has 0 aliphatic rings. The van der Waals surface area contributed by atoms with E-state index in [1.165, 1.54) is 12.1 Å². The van der Waals surface area contributed by atoms with Gasteiger partial charge in [-0.3, -0.25) is 4.68 Å². The van der Waals surface area contributed by atoms with Crippen LogP contribution in [0.5, 0.6) is 0 Å². The molecule has 1 aromatic heterocycles. The van der Waals surface area contributed by atoms with Crippen LogP contribution in [0.3, 0.4) is 0 Å². The molecule has 0 amide bonds. The molecule has 0 radical (unpaired) electrons. The molecule has 0 saturated carbocycles. The van der Waals surface area contributed by atoms with Gasteiger partial charge < -0.3 is 0 Å². The molecule has 0 aliphatic heterocycles. The number of halogens is 2. The first kappa shape index (κ1) is 9.40. The van der Waals surface area contributed by atoms with E-state index in [0.29, 0.717) is 0 Å². The van der Waals surface area contributed by atoms with E-state index in [1.807, 2.05) is 19.2 Å². The summed E-state index contributed by atoms with van der Waals surface area (Å²) in [7, 11) is 1.83. The van der Waals surface area contributed by atoms with Gasteiger partial charge in [0.1, 0.15) is 5.82 Å². The Morgan fingerprint density at radius 1 is 1.36 bits per heavy atom.